The van der Waals surface area contributed by atoms with Gasteiger partial charge in [0.1, 0.15) is 5.78 Å². The Morgan fingerprint density at radius 2 is 1.49 bits per heavy atom. The topological polar surface area (TPSA) is 30.0 Å². The maximum Gasteiger partial charge on any atom is 0.418 e. The minimum atomic E-state index is -4.75. The molecule has 0 aliphatic rings. The Hall–Kier alpha value is -2.58. The third kappa shape index (κ3) is 6.98. The van der Waals surface area contributed by atoms with Gasteiger partial charge in [-0.15, -0.1) is 0 Å². The van der Waals surface area contributed by atoms with E-state index in [0.29, 0.717) is 28.5 Å². The number of nitrogens with zero attached hydrogens (tertiary/aromatic N) is 1. The van der Waals surface area contributed by atoms with Crippen LogP contribution >= 0.6 is 23.2 Å². The predicted molar refractivity (Wildman–Crippen MR) is 122 cm³/mol. The SMILES string of the molecule is O=C(CCCc1c(Cl)cccc1Cl)C[C@@H](c1ccc(C(F)(F)F)cc1)c1ncccc1C(F)(F)F. The van der Waals surface area contributed by atoms with Crippen molar-refractivity contribution in [3.8, 4) is 0 Å². The van der Waals surface area contributed by atoms with E-state index in [0.717, 1.165) is 42.6 Å². The molecule has 0 N–H and O–H groups in total. The molecule has 0 unspecified atom stereocenters. The van der Waals surface area contributed by atoms with Crippen molar-refractivity contribution in [1.29, 1.82) is 0 Å². The molecular formula is C25H19Cl2F6NO. The first-order valence-electron chi connectivity index (χ1n) is 10.5. The number of alkyl halides is 6. The standard InChI is InChI=1S/C25H19Cl2F6NO/c26-21-7-2-8-22(27)18(21)5-1-4-17(35)14-19(15-9-11-16(12-10-15)24(28,29)30)23-20(25(31,32)33)6-3-13-34-23/h2-3,6-13,19H,1,4-5,14H2/t19-/m0/s1. The van der Waals surface area contributed by atoms with Crippen molar-refractivity contribution in [2.45, 2.75) is 44.0 Å². The second-order valence-corrected chi connectivity index (χ2v) is 8.72. The van der Waals surface area contributed by atoms with Gasteiger partial charge >= 0.3 is 12.4 Å². The fraction of sp³-hybridized carbons (Fsp3) is 0.280. The van der Waals surface area contributed by atoms with Gasteiger partial charge in [-0.3, -0.25) is 9.78 Å². The first-order chi connectivity index (χ1) is 16.4. The summed E-state index contributed by atoms with van der Waals surface area (Å²) in [5.41, 5.74) is -1.61. The van der Waals surface area contributed by atoms with Crippen molar-refractivity contribution < 1.29 is 31.1 Å². The number of rotatable bonds is 8. The molecule has 3 aromatic rings. The van der Waals surface area contributed by atoms with Gasteiger partial charge in [0, 0.05) is 35.0 Å². The van der Waals surface area contributed by atoms with Gasteiger partial charge in [0.05, 0.1) is 16.8 Å². The molecule has 2 aromatic carbocycles. The highest BCUT2D eigenvalue weighted by Crippen LogP contribution is 2.39. The van der Waals surface area contributed by atoms with Crippen molar-refractivity contribution in [2.24, 2.45) is 0 Å². The summed E-state index contributed by atoms with van der Waals surface area (Å²) in [6.45, 7) is 0. The van der Waals surface area contributed by atoms with Crippen LogP contribution in [0.25, 0.3) is 0 Å². The summed E-state index contributed by atoms with van der Waals surface area (Å²) in [6.07, 6.45) is -7.81. The molecule has 0 fully saturated rings. The van der Waals surface area contributed by atoms with Crippen molar-refractivity contribution >= 4 is 29.0 Å². The van der Waals surface area contributed by atoms with E-state index >= 15 is 0 Å². The van der Waals surface area contributed by atoms with Gasteiger partial charge in [-0.2, -0.15) is 26.3 Å². The van der Waals surface area contributed by atoms with E-state index < -0.39 is 35.1 Å². The van der Waals surface area contributed by atoms with Crippen LogP contribution < -0.4 is 0 Å². The van der Waals surface area contributed by atoms with Crippen LogP contribution in [0.15, 0.2) is 60.8 Å². The van der Waals surface area contributed by atoms with Crippen molar-refractivity contribution in [1.82, 2.24) is 4.98 Å². The zero-order valence-electron chi connectivity index (χ0n) is 18.1. The minimum absolute atomic E-state index is 0.0207. The van der Waals surface area contributed by atoms with Crippen LogP contribution in [-0.2, 0) is 23.6 Å². The highest BCUT2D eigenvalue weighted by atomic mass is 35.5. The highest BCUT2D eigenvalue weighted by molar-refractivity contribution is 6.35. The van der Waals surface area contributed by atoms with Crippen LogP contribution in [0.4, 0.5) is 26.3 Å². The van der Waals surface area contributed by atoms with Crippen LogP contribution in [0, 0.1) is 0 Å². The Morgan fingerprint density at radius 1 is 0.857 bits per heavy atom. The summed E-state index contributed by atoms with van der Waals surface area (Å²) in [6, 6.07) is 10.7. The van der Waals surface area contributed by atoms with E-state index in [9.17, 15) is 31.1 Å². The van der Waals surface area contributed by atoms with Crippen LogP contribution in [0.3, 0.4) is 0 Å². The fourth-order valence-corrected chi connectivity index (χ4v) is 4.36. The molecule has 0 spiro atoms. The number of carbonyl (C=O) groups excluding carboxylic acids is 1. The van der Waals surface area contributed by atoms with Crippen LogP contribution in [-0.4, -0.2) is 10.8 Å². The van der Waals surface area contributed by atoms with Crippen LogP contribution in [0.5, 0.6) is 0 Å². The second-order valence-electron chi connectivity index (χ2n) is 7.90. The zero-order valence-corrected chi connectivity index (χ0v) is 19.6. The van der Waals surface area contributed by atoms with Crippen LogP contribution in [0.1, 0.15) is 53.1 Å². The highest BCUT2D eigenvalue weighted by Gasteiger charge is 2.37. The van der Waals surface area contributed by atoms with Crippen molar-refractivity contribution in [3.05, 3.63) is 98.8 Å². The van der Waals surface area contributed by atoms with Gasteiger partial charge in [0.15, 0.2) is 0 Å². The number of Topliss-reactive ketones (excluding diaryl/α,β-unsaturated/α-hetero) is 1. The van der Waals surface area contributed by atoms with E-state index in [-0.39, 0.29) is 24.2 Å². The summed E-state index contributed by atoms with van der Waals surface area (Å²) < 4.78 is 79.9. The van der Waals surface area contributed by atoms with E-state index in [1.54, 1.807) is 18.2 Å². The molecule has 10 heteroatoms. The average Bonchev–Trinajstić information content (AvgIpc) is 2.78. The van der Waals surface area contributed by atoms with Gasteiger partial charge in [-0.1, -0.05) is 41.4 Å². The molecule has 35 heavy (non-hydrogen) atoms. The quantitative estimate of drug-likeness (QED) is 0.271. The number of hydrogen-bond acceptors (Lipinski definition) is 2. The van der Waals surface area contributed by atoms with Crippen molar-refractivity contribution in [3.63, 3.8) is 0 Å². The number of aromatic nitrogens is 1. The van der Waals surface area contributed by atoms with Crippen molar-refractivity contribution in [2.75, 3.05) is 0 Å². The molecular weight excluding hydrogens is 515 g/mol. The first-order valence-corrected chi connectivity index (χ1v) is 11.3. The molecule has 186 valence electrons. The molecule has 0 radical (unpaired) electrons. The monoisotopic (exact) mass is 533 g/mol. The molecule has 0 saturated carbocycles. The van der Waals surface area contributed by atoms with Gasteiger partial charge in [0.2, 0.25) is 0 Å². The lowest BCUT2D eigenvalue weighted by Crippen LogP contribution is -2.17. The minimum Gasteiger partial charge on any atom is -0.300 e. The number of hydrogen-bond donors (Lipinski definition) is 0. The largest absolute Gasteiger partial charge is 0.418 e. The average molecular weight is 534 g/mol. The van der Waals surface area contributed by atoms with Gasteiger partial charge < -0.3 is 0 Å². The first kappa shape index (κ1) is 27.0. The summed E-state index contributed by atoms with van der Waals surface area (Å²) in [4.78, 5) is 16.7. The molecule has 0 bridgehead atoms. The zero-order chi connectivity index (χ0) is 25.8. The predicted octanol–water partition coefficient (Wildman–Crippen LogP) is 8.54. The number of carbonyl (C=O) groups is 1. The molecule has 0 aliphatic heterocycles. The summed E-state index contributed by atoms with van der Waals surface area (Å²) >= 11 is 12.3. The normalized spacial score (nSPS) is 13.0. The molecule has 1 heterocycles. The van der Waals surface area contributed by atoms with Gasteiger partial charge in [-0.25, -0.2) is 0 Å². The third-order valence-corrected chi connectivity index (χ3v) is 6.20. The number of benzene rings is 2. The summed E-state index contributed by atoms with van der Waals surface area (Å²) in [7, 11) is 0. The number of ketones is 1. The molecule has 0 saturated heterocycles. The van der Waals surface area contributed by atoms with E-state index in [1.165, 1.54) is 0 Å². The Labute approximate surface area is 207 Å². The van der Waals surface area contributed by atoms with Crippen LogP contribution in [0.2, 0.25) is 10.0 Å². The summed E-state index contributed by atoms with van der Waals surface area (Å²) in [5.74, 6) is -1.54. The molecule has 0 amide bonds. The van der Waals surface area contributed by atoms with E-state index in [4.69, 9.17) is 23.2 Å². The molecule has 1 atom stereocenters. The number of halogens is 8. The second kappa shape index (κ2) is 11.0. The maximum atomic E-state index is 13.6. The Morgan fingerprint density at radius 3 is 2.06 bits per heavy atom. The third-order valence-electron chi connectivity index (χ3n) is 5.49. The maximum absolute atomic E-state index is 13.6. The molecule has 3 rings (SSSR count). The smallest absolute Gasteiger partial charge is 0.300 e. The Bertz CT molecular complexity index is 1160. The summed E-state index contributed by atoms with van der Waals surface area (Å²) in [5, 5.41) is 0.881. The van der Waals surface area contributed by atoms with E-state index in [2.05, 4.69) is 4.98 Å². The Kier molecular flexibility index (Phi) is 8.49. The molecule has 1 aromatic heterocycles. The lowest BCUT2D eigenvalue weighted by Gasteiger charge is -2.21. The lowest BCUT2D eigenvalue weighted by molar-refractivity contribution is -0.139. The Balaban J connectivity index is 1.86. The lowest BCUT2D eigenvalue weighted by atomic mass is 9.86. The number of pyridine rings is 1. The molecule has 0 aliphatic carbocycles. The van der Waals surface area contributed by atoms with E-state index in [1.807, 2.05) is 0 Å². The fourth-order valence-electron chi connectivity index (χ4n) is 3.77. The molecule has 2 nitrogen and oxygen atoms in total. The van der Waals surface area contributed by atoms with Gasteiger partial charge in [-0.05, 0) is 60.4 Å². The van der Waals surface area contributed by atoms with Gasteiger partial charge in [0.25, 0.3) is 0 Å².